The minimum atomic E-state index is -0.398. The van der Waals surface area contributed by atoms with Crippen LogP contribution >= 0.6 is 11.3 Å². The quantitative estimate of drug-likeness (QED) is 0.560. The molecule has 1 aliphatic heterocycles. The minimum Gasteiger partial charge on any atom is -0.449 e. The number of hydrogen-bond donors (Lipinski definition) is 0. The highest BCUT2D eigenvalue weighted by Gasteiger charge is 2.27. The van der Waals surface area contributed by atoms with Gasteiger partial charge in [-0.1, -0.05) is 26.0 Å². The van der Waals surface area contributed by atoms with Crippen LogP contribution in [0.2, 0.25) is 0 Å². The topological polar surface area (TPSA) is 80.6 Å². The van der Waals surface area contributed by atoms with E-state index >= 15 is 0 Å². The molecule has 33 heavy (non-hydrogen) atoms. The Morgan fingerprint density at radius 1 is 1.12 bits per heavy atom. The van der Waals surface area contributed by atoms with Crippen molar-refractivity contribution in [3.63, 3.8) is 0 Å². The number of aromatic nitrogens is 3. The summed E-state index contributed by atoms with van der Waals surface area (Å²) >= 11 is 1.46. The number of rotatable bonds is 5. The fourth-order valence-electron chi connectivity index (χ4n) is 3.53. The second-order valence-corrected chi connectivity index (χ2v) is 9.18. The summed E-state index contributed by atoms with van der Waals surface area (Å²) in [6.07, 6.45) is 0.275. The summed E-state index contributed by atoms with van der Waals surface area (Å²) in [5.74, 6) is 0.0623. The molecule has 2 amide bonds. The molecule has 3 aromatic rings. The third-order valence-electron chi connectivity index (χ3n) is 5.17. The van der Waals surface area contributed by atoms with E-state index in [0.29, 0.717) is 50.7 Å². The largest absolute Gasteiger partial charge is 0.449 e. The average molecular weight is 472 g/mol. The van der Waals surface area contributed by atoms with Crippen molar-refractivity contribution in [2.45, 2.75) is 20.3 Å². The molecule has 0 saturated carbocycles. The Hall–Kier alpha value is -3.27. The van der Waals surface area contributed by atoms with Crippen molar-refractivity contribution in [1.29, 1.82) is 0 Å². The van der Waals surface area contributed by atoms with Crippen molar-refractivity contribution in [2.24, 2.45) is 5.92 Å². The molecule has 1 aromatic carbocycles. The van der Waals surface area contributed by atoms with Crippen molar-refractivity contribution in [1.82, 2.24) is 24.6 Å². The maximum Gasteiger partial charge on any atom is 0.409 e. The number of thiophene rings is 1. The van der Waals surface area contributed by atoms with Gasteiger partial charge in [0.2, 0.25) is 5.82 Å². The van der Waals surface area contributed by atoms with Crippen molar-refractivity contribution >= 4 is 23.3 Å². The van der Waals surface area contributed by atoms with Gasteiger partial charge in [-0.3, -0.25) is 4.79 Å². The first-order valence-corrected chi connectivity index (χ1v) is 11.8. The van der Waals surface area contributed by atoms with Crippen LogP contribution in [0, 0.1) is 11.7 Å². The second kappa shape index (κ2) is 10.1. The summed E-state index contributed by atoms with van der Waals surface area (Å²) in [6, 6.07) is 9.78. The first-order chi connectivity index (χ1) is 15.9. The maximum absolute atomic E-state index is 13.9. The van der Waals surface area contributed by atoms with Gasteiger partial charge in [-0.15, -0.1) is 16.4 Å². The van der Waals surface area contributed by atoms with Gasteiger partial charge in [-0.2, -0.15) is 0 Å². The van der Waals surface area contributed by atoms with E-state index in [2.05, 4.69) is 10.1 Å². The van der Waals surface area contributed by atoms with Crippen molar-refractivity contribution in [3.05, 3.63) is 53.4 Å². The Labute approximate surface area is 195 Å². The van der Waals surface area contributed by atoms with Crippen LogP contribution in [0.4, 0.5) is 9.18 Å². The van der Waals surface area contributed by atoms with Crippen molar-refractivity contribution < 1.29 is 18.7 Å². The Balaban J connectivity index is 1.54. The number of carbonyl (C=O) groups is 2. The SMILES string of the molecule is CC(C)COC(=O)N1CCCN(C(=O)c2nc(-c3cccs3)n(-c3cccc(F)c3)n2)CC1. The number of halogens is 1. The molecule has 174 valence electrons. The van der Waals surface area contributed by atoms with Crippen LogP contribution in [0.5, 0.6) is 0 Å². The van der Waals surface area contributed by atoms with E-state index in [9.17, 15) is 14.0 Å². The van der Waals surface area contributed by atoms with Gasteiger partial charge >= 0.3 is 6.09 Å². The van der Waals surface area contributed by atoms with Crippen LogP contribution in [0.1, 0.15) is 30.9 Å². The van der Waals surface area contributed by atoms with Crippen LogP contribution in [-0.2, 0) is 4.74 Å². The molecule has 1 saturated heterocycles. The highest BCUT2D eigenvalue weighted by Crippen LogP contribution is 2.26. The Bertz CT molecular complexity index is 1120. The molecule has 1 fully saturated rings. The van der Waals surface area contributed by atoms with Gasteiger partial charge in [0.15, 0.2) is 5.82 Å². The number of nitrogens with zero attached hydrogens (tertiary/aromatic N) is 5. The smallest absolute Gasteiger partial charge is 0.409 e. The van der Waals surface area contributed by atoms with Crippen molar-refractivity contribution in [2.75, 3.05) is 32.8 Å². The number of carbonyl (C=O) groups excluding carboxylic acids is 2. The third-order valence-corrected chi connectivity index (χ3v) is 6.04. The molecule has 0 spiro atoms. The lowest BCUT2D eigenvalue weighted by molar-refractivity contribution is 0.0735. The summed E-state index contributed by atoms with van der Waals surface area (Å²) < 4.78 is 20.7. The fraction of sp³-hybridized carbons (Fsp3) is 0.391. The van der Waals surface area contributed by atoms with E-state index in [0.717, 1.165) is 4.88 Å². The van der Waals surface area contributed by atoms with Crippen LogP contribution in [0.15, 0.2) is 41.8 Å². The minimum absolute atomic E-state index is 0.0403. The molecule has 4 rings (SSSR count). The molecule has 0 aliphatic carbocycles. The number of amides is 2. The van der Waals surface area contributed by atoms with Gasteiger partial charge in [0.05, 0.1) is 17.2 Å². The Kier molecular flexibility index (Phi) is 7.02. The molecule has 10 heteroatoms. The lowest BCUT2D eigenvalue weighted by atomic mass is 10.2. The summed E-state index contributed by atoms with van der Waals surface area (Å²) in [4.78, 5) is 34.2. The lowest BCUT2D eigenvalue weighted by Gasteiger charge is -2.21. The van der Waals surface area contributed by atoms with E-state index in [4.69, 9.17) is 4.74 Å². The zero-order valence-electron chi connectivity index (χ0n) is 18.6. The monoisotopic (exact) mass is 471 g/mol. The van der Waals surface area contributed by atoms with E-state index in [1.165, 1.54) is 28.2 Å². The van der Waals surface area contributed by atoms with E-state index in [1.807, 2.05) is 31.4 Å². The van der Waals surface area contributed by atoms with Crippen LogP contribution in [0.25, 0.3) is 16.4 Å². The maximum atomic E-state index is 13.9. The predicted molar refractivity (Wildman–Crippen MR) is 123 cm³/mol. The zero-order chi connectivity index (χ0) is 23.4. The highest BCUT2D eigenvalue weighted by atomic mass is 32.1. The first kappa shape index (κ1) is 22.9. The first-order valence-electron chi connectivity index (χ1n) is 10.9. The lowest BCUT2D eigenvalue weighted by Crippen LogP contribution is -2.38. The molecule has 1 aliphatic rings. The average Bonchev–Trinajstić information content (AvgIpc) is 3.42. The summed E-state index contributed by atoms with van der Waals surface area (Å²) in [5, 5.41) is 6.34. The van der Waals surface area contributed by atoms with E-state index in [1.54, 1.807) is 21.9 Å². The normalized spacial score (nSPS) is 14.4. The van der Waals surface area contributed by atoms with Gasteiger partial charge < -0.3 is 14.5 Å². The van der Waals surface area contributed by atoms with Gasteiger partial charge in [0.1, 0.15) is 5.82 Å². The van der Waals surface area contributed by atoms with Gasteiger partial charge in [-0.05, 0) is 42.0 Å². The van der Waals surface area contributed by atoms with E-state index < -0.39 is 5.82 Å². The second-order valence-electron chi connectivity index (χ2n) is 8.23. The number of benzene rings is 1. The summed E-state index contributed by atoms with van der Waals surface area (Å²) in [7, 11) is 0. The van der Waals surface area contributed by atoms with Crippen LogP contribution < -0.4 is 0 Å². The molecule has 8 nitrogen and oxygen atoms in total. The molecule has 0 radical (unpaired) electrons. The molecular formula is C23H26FN5O3S. The molecule has 0 unspecified atom stereocenters. The van der Waals surface area contributed by atoms with Crippen LogP contribution in [0.3, 0.4) is 0 Å². The molecule has 3 heterocycles. The Morgan fingerprint density at radius 2 is 1.91 bits per heavy atom. The highest BCUT2D eigenvalue weighted by molar-refractivity contribution is 7.13. The number of ether oxygens (including phenoxy) is 1. The molecule has 0 atom stereocenters. The predicted octanol–water partition coefficient (Wildman–Crippen LogP) is 4.08. The molecular weight excluding hydrogens is 445 g/mol. The zero-order valence-corrected chi connectivity index (χ0v) is 19.4. The van der Waals surface area contributed by atoms with Gasteiger partial charge in [0, 0.05) is 26.2 Å². The number of hydrogen-bond acceptors (Lipinski definition) is 6. The van der Waals surface area contributed by atoms with Gasteiger partial charge in [-0.25, -0.2) is 18.9 Å². The molecule has 0 N–H and O–H groups in total. The molecule has 2 aromatic heterocycles. The van der Waals surface area contributed by atoms with E-state index in [-0.39, 0.29) is 23.7 Å². The fourth-order valence-corrected chi connectivity index (χ4v) is 4.23. The standard InChI is InChI=1S/C23H26FN5O3S/c1-16(2)15-32-23(31)28-10-5-9-27(11-12-28)22(30)20-25-21(19-8-4-13-33-19)29(26-20)18-7-3-6-17(24)14-18/h3-4,6-8,13-14,16H,5,9-12,15H2,1-2H3. The van der Waals surface area contributed by atoms with Crippen molar-refractivity contribution in [3.8, 4) is 16.4 Å². The van der Waals surface area contributed by atoms with Crippen LogP contribution in [-0.4, -0.2) is 69.4 Å². The Morgan fingerprint density at radius 3 is 2.64 bits per heavy atom. The molecule has 0 bridgehead atoms. The summed E-state index contributed by atoms with van der Waals surface area (Å²) in [5.41, 5.74) is 0.486. The van der Waals surface area contributed by atoms with Gasteiger partial charge in [0.25, 0.3) is 5.91 Å². The summed E-state index contributed by atoms with van der Waals surface area (Å²) in [6.45, 7) is 6.07. The third kappa shape index (κ3) is 5.39.